The molecule has 1 aromatic rings. The van der Waals surface area contributed by atoms with Crippen molar-refractivity contribution < 1.29 is 9.59 Å². The Morgan fingerprint density at radius 2 is 2.10 bits per heavy atom. The van der Waals surface area contributed by atoms with Gasteiger partial charge in [0.2, 0.25) is 5.91 Å². The average Bonchev–Trinajstić information content (AvgIpc) is 2.39. The number of benzene rings is 1. The first kappa shape index (κ1) is 17.8. The molecule has 0 aliphatic carbocycles. The summed E-state index contributed by atoms with van der Waals surface area (Å²) in [7, 11) is 0. The van der Waals surface area contributed by atoms with Gasteiger partial charge in [0.1, 0.15) is 0 Å². The molecular weight excluding hydrogens is 354 g/mol. The monoisotopic (exact) mass is 373 g/mol. The van der Waals surface area contributed by atoms with Crippen molar-refractivity contribution >= 4 is 45.3 Å². The number of nitrogens with one attached hydrogen (secondary N) is 2. The van der Waals surface area contributed by atoms with E-state index in [4.69, 9.17) is 5.73 Å². The van der Waals surface area contributed by atoms with Crippen molar-refractivity contribution in [3.05, 3.63) is 22.7 Å². The third kappa shape index (κ3) is 7.38. The summed E-state index contributed by atoms with van der Waals surface area (Å²) >= 11 is 4.64. The molecule has 1 aromatic carbocycles. The van der Waals surface area contributed by atoms with Crippen LogP contribution in [0.1, 0.15) is 20.3 Å². The molecule has 0 unspecified atom stereocenters. The zero-order valence-electron chi connectivity index (χ0n) is 12.1. The lowest BCUT2D eigenvalue weighted by Gasteiger charge is -2.09. The Balaban J connectivity index is 2.33. The van der Waals surface area contributed by atoms with E-state index in [9.17, 15) is 9.59 Å². The van der Waals surface area contributed by atoms with Crippen molar-refractivity contribution in [3.8, 4) is 0 Å². The average molecular weight is 374 g/mol. The van der Waals surface area contributed by atoms with Gasteiger partial charge in [0.25, 0.3) is 0 Å². The van der Waals surface area contributed by atoms with Crippen molar-refractivity contribution in [2.24, 2.45) is 5.92 Å². The summed E-state index contributed by atoms with van der Waals surface area (Å²) in [6, 6.07) is 4.99. The first-order chi connectivity index (χ1) is 9.88. The number of hydrogen-bond acceptors (Lipinski definition) is 4. The third-order valence-corrected chi connectivity index (χ3v) is 4.16. The molecule has 0 radical (unpaired) electrons. The summed E-state index contributed by atoms with van der Waals surface area (Å²) in [4.78, 5) is 24.0. The smallest absolute Gasteiger partial charge is 0.321 e. The second-order valence-electron chi connectivity index (χ2n) is 4.96. The number of carbonyl (C=O) groups excluding carboxylic acids is 2. The molecule has 0 aromatic heterocycles. The molecule has 0 bridgehead atoms. The van der Waals surface area contributed by atoms with Gasteiger partial charge >= 0.3 is 6.03 Å². The molecule has 116 valence electrons. The summed E-state index contributed by atoms with van der Waals surface area (Å²) in [6.45, 7) is 4.70. The molecule has 0 fully saturated rings. The van der Waals surface area contributed by atoms with Gasteiger partial charge in [-0.3, -0.25) is 10.1 Å². The Kier molecular flexibility index (Phi) is 7.60. The molecule has 1 rings (SSSR count). The third-order valence-electron chi connectivity index (χ3n) is 2.59. The van der Waals surface area contributed by atoms with Crippen LogP contribution in [0.5, 0.6) is 0 Å². The maximum atomic E-state index is 11.7. The minimum atomic E-state index is -0.455. The minimum absolute atomic E-state index is 0.137. The van der Waals surface area contributed by atoms with Gasteiger partial charge in [-0.25, -0.2) is 4.79 Å². The second kappa shape index (κ2) is 8.94. The van der Waals surface area contributed by atoms with Crippen LogP contribution in [0.3, 0.4) is 0 Å². The van der Waals surface area contributed by atoms with Crippen LogP contribution in [0, 0.1) is 5.92 Å². The van der Waals surface area contributed by atoms with Crippen molar-refractivity contribution in [2.75, 3.05) is 18.0 Å². The van der Waals surface area contributed by atoms with Gasteiger partial charge in [0.05, 0.1) is 5.75 Å². The van der Waals surface area contributed by atoms with Gasteiger partial charge in [0.15, 0.2) is 0 Å². The standard InChI is InChI=1S/C14H20BrN3O2S/c1-9(2)5-6-17-14(20)18-13(19)8-21-12-7-10(15)3-4-11(12)16/h3-4,7,9H,5-6,8,16H2,1-2H3,(H2,17,18,19,20). The Hall–Kier alpha value is -1.21. The molecule has 5 nitrogen and oxygen atoms in total. The zero-order chi connectivity index (χ0) is 15.8. The lowest BCUT2D eigenvalue weighted by molar-refractivity contribution is -0.117. The van der Waals surface area contributed by atoms with Crippen molar-refractivity contribution in [2.45, 2.75) is 25.2 Å². The fourth-order valence-electron chi connectivity index (χ4n) is 1.46. The van der Waals surface area contributed by atoms with Crippen LogP contribution in [0.25, 0.3) is 0 Å². The van der Waals surface area contributed by atoms with Crippen LogP contribution >= 0.6 is 27.7 Å². The number of hydrogen-bond donors (Lipinski definition) is 3. The van der Waals surface area contributed by atoms with Crippen LogP contribution in [0.4, 0.5) is 10.5 Å². The van der Waals surface area contributed by atoms with Crippen molar-refractivity contribution in [1.29, 1.82) is 0 Å². The van der Waals surface area contributed by atoms with Crippen molar-refractivity contribution in [1.82, 2.24) is 10.6 Å². The van der Waals surface area contributed by atoms with Gasteiger partial charge in [-0.2, -0.15) is 0 Å². The zero-order valence-corrected chi connectivity index (χ0v) is 14.5. The van der Waals surface area contributed by atoms with E-state index in [-0.39, 0.29) is 11.7 Å². The highest BCUT2D eigenvalue weighted by atomic mass is 79.9. The fourth-order valence-corrected chi connectivity index (χ4v) is 2.77. The molecule has 3 amide bonds. The van der Waals surface area contributed by atoms with Crippen LogP contribution in [-0.2, 0) is 4.79 Å². The quantitative estimate of drug-likeness (QED) is 0.528. The number of rotatable bonds is 6. The number of halogens is 1. The first-order valence-electron chi connectivity index (χ1n) is 6.64. The van der Waals surface area contributed by atoms with Gasteiger partial charge in [-0.15, -0.1) is 11.8 Å². The highest BCUT2D eigenvalue weighted by molar-refractivity contribution is 9.10. The second-order valence-corrected chi connectivity index (χ2v) is 6.89. The van der Waals surface area contributed by atoms with Crippen LogP contribution in [-0.4, -0.2) is 24.2 Å². The molecular formula is C14H20BrN3O2S. The summed E-state index contributed by atoms with van der Waals surface area (Å²) < 4.78 is 0.894. The minimum Gasteiger partial charge on any atom is -0.398 e. The molecule has 0 heterocycles. The maximum Gasteiger partial charge on any atom is 0.321 e. The molecule has 0 saturated heterocycles. The predicted molar refractivity (Wildman–Crippen MR) is 90.3 cm³/mol. The summed E-state index contributed by atoms with van der Waals surface area (Å²) in [5.41, 5.74) is 6.43. The molecule has 7 heteroatoms. The number of amides is 3. The van der Waals surface area contributed by atoms with E-state index >= 15 is 0 Å². The summed E-state index contributed by atoms with van der Waals surface area (Å²) in [5.74, 6) is 0.301. The SMILES string of the molecule is CC(C)CCNC(=O)NC(=O)CSc1cc(Br)ccc1N. The van der Waals surface area contributed by atoms with Gasteiger partial charge < -0.3 is 11.1 Å². The summed E-state index contributed by atoms with van der Waals surface area (Å²) in [6.07, 6.45) is 0.880. The molecule has 0 spiro atoms. The first-order valence-corrected chi connectivity index (χ1v) is 8.42. The van der Waals surface area contributed by atoms with E-state index in [1.54, 1.807) is 6.07 Å². The highest BCUT2D eigenvalue weighted by Crippen LogP contribution is 2.27. The largest absolute Gasteiger partial charge is 0.398 e. The van der Waals surface area contributed by atoms with Gasteiger partial charge in [0, 0.05) is 21.6 Å². The molecule has 4 N–H and O–H groups in total. The van der Waals surface area contributed by atoms with Crippen molar-refractivity contribution in [3.63, 3.8) is 0 Å². The van der Waals surface area contributed by atoms with E-state index in [2.05, 4.69) is 40.4 Å². The van der Waals surface area contributed by atoms with E-state index in [0.29, 0.717) is 18.2 Å². The number of urea groups is 1. The molecule has 0 aliphatic rings. The number of anilines is 1. The lowest BCUT2D eigenvalue weighted by Crippen LogP contribution is -2.40. The Morgan fingerprint density at radius 3 is 2.76 bits per heavy atom. The molecule has 0 aliphatic heterocycles. The highest BCUT2D eigenvalue weighted by Gasteiger charge is 2.09. The van der Waals surface area contributed by atoms with Crippen LogP contribution < -0.4 is 16.4 Å². The van der Waals surface area contributed by atoms with E-state index in [1.165, 1.54) is 11.8 Å². The molecule has 0 atom stereocenters. The van der Waals surface area contributed by atoms with Crippen LogP contribution in [0.2, 0.25) is 0 Å². The van der Waals surface area contributed by atoms with Gasteiger partial charge in [-0.05, 0) is 30.5 Å². The summed E-state index contributed by atoms with van der Waals surface area (Å²) in [5, 5.41) is 4.95. The Bertz CT molecular complexity index is 509. The Labute approximate surface area is 137 Å². The fraction of sp³-hybridized carbons (Fsp3) is 0.429. The Morgan fingerprint density at radius 1 is 1.38 bits per heavy atom. The van der Waals surface area contributed by atoms with Gasteiger partial charge in [-0.1, -0.05) is 29.8 Å². The van der Waals surface area contributed by atoms with E-state index in [1.807, 2.05) is 12.1 Å². The maximum absolute atomic E-state index is 11.7. The number of nitrogens with two attached hydrogens (primary N) is 1. The normalized spacial score (nSPS) is 10.5. The number of nitrogen functional groups attached to an aromatic ring is 1. The van der Waals surface area contributed by atoms with E-state index in [0.717, 1.165) is 15.8 Å². The lowest BCUT2D eigenvalue weighted by atomic mass is 10.1. The molecule has 0 saturated carbocycles. The molecule has 21 heavy (non-hydrogen) atoms. The number of carbonyl (C=O) groups is 2. The van der Waals surface area contributed by atoms with Crippen LogP contribution in [0.15, 0.2) is 27.6 Å². The number of thioether (sulfide) groups is 1. The number of imide groups is 1. The topological polar surface area (TPSA) is 84.2 Å². The van der Waals surface area contributed by atoms with E-state index < -0.39 is 6.03 Å². The predicted octanol–water partition coefficient (Wildman–Crippen LogP) is 3.00.